The molecular formula is C15H12BrN3O2S2. The van der Waals surface area contributed by atoms with Gasteiger partial charge >= 0.3 is 0 Å². The van der Waals surface area contributed by atoms with Crippen molar-refractivity contribution < 1.29 is 8.42 Å². The molecule has 0 unspecified atom stereocenters. The molecule has 0 aliphatic heterocycles. The molecule has 0 fully saturated rings. The van der Waals surface area contributed by atoms with Gasteiger partial charge in [-0.25, -0.2) is 18.4 Å². The minimum Gasteiger partial charge on any atom is -0.261 e. The van der Waals surface area contributed by atoms with Crippen molar-refractivity contribution in [3.05, 3.63) is 53.3 Å². The first-order chi connectivity index (χ1) is 11.0. The van der Waals surface area contributed by atoms with E-state index in [-0.39, 0.29) is 10.7 Å². The van der Waals surface area contributed by atoms with Gasteiger partial charge in [-0.05, 0) is 33.6 Å². The monoisotopic (exact) mass is 409 g/mol. The zero-order valence-electron chi connectivity index (χ0n) is 12.0. The summed E-state index contributed by atoms with van der Waals surface area (Å²) in [4.78, 5) is 8.56. The molecule has 118 valence electrons. The lowest BCUT2D eigenvalue weighted by Gasteiger charge is -2.11. The van der Waals surface area contributed by atoms with Crippen LogP contribution < -0.4 is 4.72 Å². The van der Waals surface area contributed by atoms with Gasteiger partial charge < -0.3 is 0 Å². The number of rotatable bonds is 4. The van der Waals surface area contributed by atoms with Crippen LogP contribution in [-0.4, -0.2) is 24.6 Å². The summed E-state index contributed by atoms with van der Waals surface area (Å²) in [7, 11) is -3.77. The minimum atomic E-state index is -3.77. The van der Waals surface area contributed by atoms with Crippen LogP contribution in [0.5, 0.6) is 0 Å². The van der Waals surface area contributed by atoms with Crippen molar-refractivity contribution >= 4 is 54.3 Å². The van der Waals surface area contributed by atoms with Gasteiger partial charge in [-0.15, -0.1) is 11.8 Å². The summed E-state index contributed by atoms with van der Waals surface area (Å²) >= 11 is 4.55. The van der Waals surface area contributed by atoms with E-state index in [4.69, 9.17) is 0 Å². The molecule has 0 atom stereocenters. The lowest BCUT2D eigenvalue weighted by molar-refractivity contribution is 0.601. The van der Waals surface area contributed by atoms with Gasteiger partial charge in [0.1, 0.15) is 9.63 Å². The molecule has 3 aromatic rings. The lowest BCUT2D eigenvalue weighted by Crippen LogP contribution is -2.15. The van der Waals surface area contributed by atoms with Crippen LogP contribution in [-0.2, 0) is 10.0 Å². The standard InChI is InChI=1S/C15H12BrN3O2S2/c1-22-15-14(17-9-13(16)18-15)19-23(20,21)12-8-4-6-10-5-2-3-7-11(10)12/h2-9H,1H3,(H,17,19). The number of sulfonamides is 1. The second kappa shape index (κ2) is 6.46. The highest BCUT2D eigenvalue weighted by atomic mass is 79.9. The maximum absolute atomic E-state index is 12.8. The van der Waals surface area contributed by atoms with Crippen LogP contribution in [0.25, 0.3) is 10.8 Å². The molecule has 8 heteroatoms. The van der Waals surface area contributed by atoms with Crippen LogP contribution in [0.3, 0.4) is 0 Å². The van der Waals surface area contributed by atoms with E-state index in [2.05, 4.69) is 30.6 Å². The predicted octanol–water partition coefficient (Wildman–Crippen LogP) is 3.92. The average Bonchev–Trinajstić information content (AvgIpc) is 2.55. The molecule has 0 spiro atoms. The van der Waals surface area contributed by atoms with Crippen LogP contribution in [0.2, 0.25) is 0 Å². The van der Waals surface area contributed by atoms with Crippen molar-refractivity contribution in [2.24, 2.45) is 0 Å². The van der Waals surface area contributed by atoms with Crippen LogP contribution >= 0.6 is 27.7 Å². The largest absolute Gasteiger partial charge is 0.263 e. The fourth-order valence-corrected chi connectivity index (χ4v) is 4.37. The molecule has 1 heterocycles. The molecule has 0 aliphatic carbocycles. The zero-order chi connectivity index (χ0) is 16.4. The Kier molecular flexibility index (Phi) is 4.56. The molecule has 1 aromatic heterocycles. The van der Waals surface area contributed by atoms with Crippen molar-refractivity contribution in [2.75, 3.05) is 11.0 Å². The van der Waals surface area contributed by atoms with Gasteiger partial charge in [0.25, 0.3) is 10.0 Å². The van der Waals surface area contributed by atoms with Crippen LogP contribution in [0, 0.1) is 0 Å². The number of nitrogens with one attached hydrogen (secondary N) is 1. The van der Waals surface area contributed by atoms with Crippen molar-refractivity contribution in [3.8, 4) is 0 Å². The number of hydrogen-bond donors (Lipinski definition) is 1. The molecule has 0 aliphatic rings. The number of aromatic nitrogens is 2. The number of anilines is 1. The molecule has 5 nitrogen and oxygen atoms in total. The normalized spacial score (nSPS) is 11.6. The molecule has 0 amide bonds. The summed E-state index contributed by atoms with van der Waals surface area (Å²) < 4.78 is 28.6. The third kappa shape index (κ3) is 3.34. The van der Waals surface area contributed by atoms with Gasteiger partial charge in [0.05, 0.1) is 11.1 Å². The van der Waals surface area contributed by atoms with Gasteiger partial charge in [0, 0.05) is 5.39 Å². The topological polar surface area (TPSA) is 72.0 Å². The Labute approximate surface area is 146 Å². The van der Waals surface area contributed by atoms with Crippen molar-refractivity contribution in [2.45, 2.75) is 9.92 Å². The van der Waals surface area contributed by atoms with Gasteiger partial charge in [-0.3, -0.25) is 4.72 Å². The highest BCUT2D eigenvalue weighted by Crippen LogP contribution is 2.28. The Hall–Kier alpha value is -1.64. The number of halogens is 1. The smallest absolute Gasteiger partial charge is 0.261 e. The molecule has 2 aromatic carbocycles. The van der Waals surface area contributed by atoms with E-state index in [0.29, 0.717) is 15.0 Å². The first-order valence-electron chi connectivity index (χ1n) is 6.58. The third-order valence-corrected chi connectivity index (χ3v) is 5.63. The van der Waals surface area contributed by atoms with Gasteiger partial charge in [0.15, 0.2) is 5.82 Å². The van der Waals surface area contributed by atoms with Crippen molar-refractivity contribution in [1.82, 2.24) is 9.97 Å². The summed E-state index contributed by atoms with van der Waals surface area (Å²) in [6, 6.07) is 12.5. The van der Waals surface area contributed by atoms with E-state index in [9.17, 15) is 8.42 Å². The Morgan fingerprint density at radius 1 is 1.13 bits per heavy atom. The predicted molar refractivity (Wildman–Crippen MR) is 96.3 cm³/mol. The van der Waals surface area contributed by atoms with E-state index in [1.165, 1.54) is 18.0 Å². The fourth-order valence-electron chi connectivity index (χ4n) is 2.18. The molecule has 0 saturated carbocycles. The molecular weight excluding hydrogens is 398 g/mol. The van der Waals surface area contributed by atoms with Crippen LogP contribution in [0.15, 0.2) is 63.2 Å². The van der Waals surface area contributed by atoms with Crippen LogP contribution in [0.4, 0.5) is 5.82 Å². The molecule has 1 N–H and O–H groups in total. The molecule has 3 rings (SSSR count). The van der Waals surface area contributed by atoms with Crippen molar-refractivity contribution in [1.29, 1.82) is 0 Å². The second-order valence-corrected chi connectivity index (χ2v) is 7.89. The number of benzene rings is 2. The van der Waals surface area contributed by atoms with Gasteiger partial charge in [-0.1, -0.05) is 36.4 Å². The first kappa shape index (κ1) is 16.2. The first-order valence-corrected chi connectivity index (χ1v) is 10.1. The SMILES string of the molecule is CSc1nc(Br)cnc1NS(=O)(=O)c1cccc2ccccc12. The Morgan fingerprint density at radius 3 is 2.65 bits per heavy atom. The Balaban J connectivity index is 2.08. The van der Waals surface area contributed by atoms with Gasteiger partial charge in [-0.2, -0.15) is 0 Å². The van der Waals surface area contributed by atoms with E-state index in [0.717, 1.165) is 5.39 Å². The van der Waals surface area contributed by atoms with Crippen molar-refractivity contribution in [3.63, 3.8) is 0 Å². The van der Waals surface area contributed by atoms with E-state index in [1.807, 2.05) is 30.5 Å². The third-order valence-electron chi connectivity index (χ3n) is 3.17. The fraction of sp³-hybridized carbons (Fsp3) is 0.0667. The number of hydrogen-bond acceptors (Lipinski definition) is 5. The number of nitrogens with zero attached hydrogens (tertiary/aromatic N) is 2. The summed E-state index contributed by atoms with van der Waals surface area (Å²) in [5.74, 6) is 0.216. The second-order valence-electron chi connectivity index (χ2n) is 4.63. The summed E-state index contributed by atoms with van der Waals surface area (Å²) in [5.41, 5.74) is 0. The average molecular weight is 410 g/mol. The highest BCUT2D eigenvalue weighted by Gasteiger charge is 2.20. The lowest BCUT2D eigenvalue weighted by atomic mass is 10.1. The number of thioether (sulfide) groups is 1. The molecule has 0 saturated heterocycles. The highest BCUT2D eigenvalue weighted by molar-refractivity contribution is 9.10. The van der Waals surface area contributed by atoms with E-state index >= 15 is 0 Å². The summed E-state index contributed by atoms with van der Waals surface area (Å²) in [5, 5.41) is 2.03. The van der Waals surface area contributed by atoms with E-state index < -0.39 is 10.0 Å². The van der Waals surface area contributed by atoms with Crippen LogP contribution in [0.1, 0.15) is 0 Å². The van der Waals surface area contributed by atoms with E-state index in [1.54, 1.807) is 18.2 Å². The van der Waals surface area contributed by atoms with Gasteiger partial charge in [0.2, 0.25) is 0 Å². The number of fused-ring (bicyclic) bond motifs is 1. The Morgan fingerprint density at radius 2 is 1.87 bits per heavy atom. The maximum atomic E-state index is 12.8. The minimum absolute atomic E-state index is 0.215. The zero-order valence-corrected chi connectivity index (χ0v) is 15.2. The Bertz CT molecular complexity index is 972. The summed E-state index contributed by atoms with van der Waals surface area (Å²) in [6.45, 7) is 0. The molecule has 0 radical (unpaired) electrons. The summed E-state index contributed by atoms with van der Waals surface area (Å²) in [6.07, 6.45) is 3.27. The molecule has 0 bridgehead atoms. The maximum Gasteiger partial charge on any atom is 0.263 e. The quantitative estimate of drug-likeness (QED) is 0.661. The molecule has 23 heavy (non-hydrogen) atoms.